The summed E-state index contributed by atoms with van der Waals surface area (Å²) in [6, 6.07) is 7.37. The van der Waals surface area contributed by atoms with Crippen molar-refractivity contribution >= 4 is 10.0 Å². The maximum Gasteiger partial charge on any atom is 0.212 e. The van der Waals surface area contributed by atoms with Gasteiger partial charge in [-0.3, -0.25) is 0 Å². The molecule has 27 heavy (non-hydrogen) atoms. The van der Waals surface area contributed by atoms with E-state index in [1.54, 1.807) is 0 Å². The molecule has 0 aliphatic heterocycles. The van der Waals surface area contributed by atoms with Gasteiger partial charge in [0.15, 0.2) is 0 Å². The fraction of sp³-hybridized carbons (Fsp3) is 0.714. The Balaban J connectivity index is 1.79. The summed E-state index contributed by atoms with van der Waals surface area (Å²) in [6.07, 6.45) is 2.91. The van der Waals surface area contributed by atoms with Gasteiger partial charge in [-0.05, 0) is 49.3 Å². The Morgan fingerprint density at radius 2 is 1.96 bits per heavy atom. The molecule has 1 fully saturated rings. The third kappa shape index (κ3) is 8.62. The summed E-state index contributed by atoms with van der Waals surface area (Å²) in [6.45, 7) is 12.2. The van der Waals surface area contributed by atoms with Crippen LogP contribution in [0.4, 0.5) is 0 Å². The Morgan fingerprint density at radius 3 is 2.59 bits per heavy atom. The minimum absolute atomic E-state index is 0.0655. The second-order valence-corrected chi connectivity index (χ2v) is 11.2. The molecule has 0 heterocycles. The van der Waals surface area contributed by atoms with Crippen LogP contribution in [-0.4, -0.2) is 34.0 Å². The van der Waals surface area contributed by atoms with Gasteiger partial charge in [-0.25, -0.2) is 13.1 Å². The molecule has 1 aliphatic carbocycles. The van der Waals surface area contributed by atoms with Crippen molar-refractivity contribution in [3.05, 3.63) is 29.8 Å². The molecule has 1 atom stereocenters. The first-order valence-electron chi connectivity index (χ1n) is 9.79. The van der Waals surface area contributed by atoms with E-state index in [4.69, 9.17) is 9.47 Å². The van der Waals surface area contributed by atoms with Gasteiger partial charge in [0, 0.05) is 18.1 Å². The molecule has 0 unspecified atom stereocenters. The molecule has 154 valence electrons. The Bertz CT molecular complexity index is 705. The van der Waals surface area contributed by atoms with Crippen molar-refractivity contribution in [2.45, 2.75) is 59.9 Å². The van der Waals surface area contributed by atoms with E-state index in [0.29, 0.717) is 31.7 Å². The molecule has 0 bridgehead atoms. The van der Waals surface area contributed by atoms with Crippen LogP contribution in [0.25, 0.3) is 0 Å². The number of hydrogen-bond acceptors (Lipinski definition) is 4. The highest BCUT2D eigenvalue weighted by Gasteiger charge is 2.38. The van der Waals surface area contributed by atoms with Gasteiger partial charge in [0.25, 0.3) is 0 Å². The van der Waals surface area contributed by atoms with E-state index in [0.717, 1.165) is 11.3 Å². The number of sulfonamides is 1. The summed E-state index contributed by atoms with van der Waals surface area (Å²) in [5.41, 5.74) is 1.31. The molecule has 0 saturated heterocycles. The molecule has 1 saturated carbocycles. The highest BCUT2D eigenvalue weighted by molar-refractivity contribution is 7.89. The summed E-state index contributed by atoms with van der Waals surface area (Å²) in [5, 5.41) is 0. The zero-order chi connectivity index (χ0) is 20.1. The van der Waals surface area contributed by atoms with Crippen LogP contribution < -0.4 is 9.46 Å². The van der Waals surface area contributed by atoms with Crippen LogP contribution in [0.15, 0.2) is 24.3 Å². The maximum absolute atomic E-state index is 12.3. The molecule has 1 aliphatic rings. The van der Waals surface area contributed by atoms with Crippen molar-refractivity contribution < 1.29 is 17.9 Å². The summed E-state index contributed by atoms with van der Waals surface area (Å²) in [5.74, 6) is 0.859. The smallest absolute Gasteiger partial charge is 0.212 e. The lowest BCUT2D eigenvalue weighted by Gasteiger charge is -2.18. The van der Waals surface area contributed by atoms with Crippen LogP contribution in [-0.2, 0) is 14.8 Å². The first kappa shape index (κ1) is 22.2. The molecule has 5 nitrogen and oxygen atoms in total. The van der Waals surface area contributed by atoms with E-state index in [1.165, 1.54) is 12.8 Å². The Morgan fingerprint density at radius 1 is 1.26 bits per heavy atom. The average Bonchev–Trinajstić information content (AvgIpc) is 3.29. The van der Waals surface area contributed by atoms with Crippen molar-refractivity contribution in [2.24, 2.45) is 10.8 Å². The summed E-state index contributed by atoms with van der Waals surface area (Å²) in [4.78, 5) is 0. The molecular formula is C21H35NO4S. The molecular weight excluding hydrogens is 362 g/mol. The highest BCUT2D eigenvalue weighted by Crippen LogP contribution is 2.45. The molecule has 0 spiro atoms. The molecule has 1 aromatic carbocycles. The van der Waals surface area contributed by atoms with Crippen molar-refractivity contribution in [2.75, 3.05) is 25.6 Å². The predicted molar refractivity (Wildman–Crippen MR) is 110 cm³/mol. The van der Waals surface area contributed by atoms with E-state index in [9.17, 15) is 8.42 Å². The molecule has 0 radical (unpaired) electrons. The zero-order valence-electron chi connectivity index (χ0n) is 17.4. The van der Waals surface area contributed by atoms with Crippen LogP contribution in [0.1, 0.15) is 65.5 Å². The standard InChI is InChI=1S/C21H35NO4S/c1-17(22-27(23,24)13-7-12-25-15-20(2,3)4)18-8-6-9-19(14-18)26-16-21(5)10-11-21/h6,8-9,14,17,22H,7,10-13,15-16H2,1-5H3/t17-/m1/s1. The van der Waals surface area contributed by atoms with Crippen LogP contribution >= 0.6 is 0 Å². The van der Waals surface area contributed by atoms with Crippen LogP contribution in [0.2, 0.25) is 0 Å². The van der Waals surface area contributed by atoms with Gasteiger partial charge in [-0.2, -0.15) is 0 Å². The molecule has 1 aromatic rings. The normalized spacial score (nSPS) is 17.5. The monoisotopic (exact) mass is 397 g/mol. The quantitative estimate of drug-likeness (QED) is 0.566. The van der Waals surface area contributed by atoms with Crippen LogP contribution in [0, 0.1) is 10.8 Å². The lowest BCUT2D eigenvalue weighted by Crippen LogP contribution is -2.29. The lowest BCUT2D eigenvalue weighted by atomic mass is 9.99. The van der Waals surface area contributed by atoms with E-state index in [-0.39, 0.29) is 17.2 Å². The molecule has 6 heteroatoms. The number of hydrogen-bond donors (Lipinski definition) is 1. The number of nitrogens with one attached hydrogen (secondary N) is 1. The SMILES string of the molecule is C[C@@H](NS(=O)(=O)CCCOCC(C)(C)C)c1cccc(OCC2(C)CC2)c1. The molecule has 1 N–H and O–H groups in total. The Hall–Kier alpha value is -1.11. The second kappa shape index (κ2) is 8.93. The van der Waals surface area contributed by atoms with Gasteiger partial charge in [-0.15, -0.1) is 0 Å². The van der Waals surface area contributed by atoms with E-state index in [2.05, 4.69) is 32.4 Å². The van der Waals surface area contributed by atoms with Crippen molar-refractivity contribution in [1.29, 1.82) is 0 Å². The fourth-order valence-electron chi connectivity index (χ4n) is 2.61. The van der Waals surface area contributed by atoms with Crippen molar-refractivity contribution in [3.63, 3.8) is 0 Å². The summed E-state index contributed by atoms with van der Waals surface area (Å²) >= 11 is 0. The average molecular weight is 398 g/mol. The van der Waals surface area contributed by atoms with Crippen molar-refractivity contribution in [3.8, 4) is 5.75 Å². The number of ether oxygens (including phenoxy) is 2. The van der Waals surface area contributed by atoms with Gasteiger partial charge >= 0.3 is 0 Å². The van der Waals surface area contributed by atoms with Gasteiger partial charge < -0.3 is 9.47 Å². The number of rotatable bonds is 11. The molecule has 2 rings (SSSR count). The van der Waals surface area contributed by atoms with E-state index < -0.39 is 10.0 Å². The third-order valence-corrected chi connectivity index (χ3v) is 6.18. The van der Waals surface area contributed by atoms with E-state index in [1.807, 2.05) is 31.2 Å². The minimum Gasteiger partial charge on any atom is -0.493 e. The predicted octanol–water partition coefficient (Wildman–Crippen LogP) is 4.30. The van der Waals surface area contributed by atoms with Gasteiger partial charge in [0.2, 0.25) is 10.0 Å². The van der Waals surface area contributed by atoms with Gasteiger partial charge in [0.05, 0.1) is 19.0 Å². The first-order chi connectivity index (χ1) is 12.5. The van der Waals surface area contributed by atoms with Crippen LogP contribution in [0.3, 0.4) is 0 Å². The zero-order valence-corrected chi connectivity index (χ0v) is 18.2. The maximum atomic E-state index is 12.3. The largest absolute Gasteiger partial charge is 0.493 e. The molecule has 0 amide bonds. The molecule has 0 aromatic heterocycles. The second-order valence-electron chi connectivity index (χ2n) is 9.30. The first-order valence-corrected chi connectivity index (χ1v) is 11.4. The topological polar surface area (TPSA) is 64.6 Å². The van der Waals surface area contributed by atoms with Crippen molar-refractivity contribution in [1.82, 2.24) is 4.72 Å². The fourth-order valence-corrected chi connectivity index (χ4v) is 3.91. The third-order valence-electron chi connectivity index (χ3n) is 4.64. The van der Waals surface area contributed by atoms with E-state index >= 15 is 0 Å². The summed E-state index contributed by atoms with van der Waals surface area (Å²) in [7, 11) is -3.35. The van der Waals surface area contributed by atoms with Gasteiger partial charge in [-0.1, -0.05) is 39.8 Å². The van der Waals surface area contributed by atoms with Gasteiger partial charge in [0.1, 0.15) is 5.75 Å². The highest BCUT2D eigenvalue weighted by atomic mass is 32.2. The lowest BCUT2D eigenvalue weighted by molar-refractivity contribution is 0.0720. The summed E-state index contributed by atoms with van der Waals surface area (Å²) < 4.78 is 38.8. The number of benzene rings is 1. The Kier molecular flexibility index (Phi) is 7.33. The van der Waals surface area contributed by atoms with Crippen LogP contribution in [0.5, 0.6) is 5.75 Å². The minimum atomic E-state index is -3.35. The Labute approximate surface area is 164 Å².